The summed E-state index contributed by atoms with van der Waals surface area (Å²) in [5.41, 5.74) is 5.94. The monoisotopic (exact) mass is 331 g/mol. The normalized spacial score (nSPS) is 11.6. The molecular weight excluding hydrogens is 318 g/mol. The second-order valence-corrected chi connectivity index (χ2v) is 7.87. The molecule has 0 saturated carbocycles. The average molecular weight is 331 g/mol. The van der Waals surface area contributed by atoms with Crippen LogP contribution in [0.3, 0.4) is 0 Å². The number of rotatable bonds is 4. The molecule has 0 aliphatic carbocycles. The van der Waals surface area contributed by atoms with Gasteiger partial charge >= 0.3 is 0 Å². The van der Waals surface area contributed by atoms with Gasteiger partial charge < -0.3 is 10.6 Å². The maximum atomic E-state index is 11.6. The zero-order chi connectivity index (χ0) is 14.9. The van der Waals surface area contributed by atoms with Crippen molar-refractivity contribution in [1.29, 1.82) is 0 Å². The van der Waals surface area contributed by atoms with E-state index in [1.54, 1.807) is 12.1 Å². The molecule has 1 heterocycles. The first kappa shape index (κ1) is 15.0. The zero-order valence-corrected chi connectivity index (χ0v) is 13.2. The highest BCUT2D eigenvalue weighted by molar-refractivity contribution is 8.01. The smallest absolute Gasteiger partial charge is 0.239 e. The summed E-state index contributed by atoms with van der Waals surface area (Å²) in [7, 11) is -0.130. The Morgan fingerprint density at radius 2 is 2.00 bits per heavy atom. The Balaban J connectivity index is 2.38. The molecule has 0 bridgehead atoms. The number of sulfonamides is 1. The van der Waals surface area contributed by atoms with Gasteiger partial charge in [-0.05, 0) is 18.2 Å². The standard InChI is InChI=1S/C10H13N5O2S3/c1-15(2)9-13-14-10(19-9)18-7-4-3-6(11)5-8(7)20(12,16)17/h3-5H,11H2,1-2H3,(H2,12,16,17). The molecule has 0 saturated heterocycles. The Morgan fingerprint density at radius 3 is 2.55 bits per heavy atom. The van der Waals surface area contributed by atoms with Crippen molar-refractivity contribution in [3.63, 3.8) is 0 Å². The lowest BCUT2D eigenvalue weighted by atomic mass is 10.3. The van der Waals surface area contributed by atoms with Crippen LogP contribution in [0.4, 0.5) is 10.8 Å². The molecule has 1 aromatic heterocycles. The third kappa shape index (κ3) is 3.39. The summed E-state index contributed by atoms with van der Waals surface area (Å²) in [6.45, 7) is 0. The molecule has 7 nitrogen and oxygen atoms in total. The first-order valence-corrected chi connectivity index (χ1v) is 8.56. The number of nitrogens with two attached hydrogens (primary N) is 2. The van der Waals surface area contributed by atoms with Crippen molar-refractivity contribution in [2.75, 3.05) is 24.7 Å². The van der Waals surface area contributed by atoms with E-state index in [-0.39, 0.29) is 4.90 Å². The lowest BCUT2D eigenvalue weighted by Crippen LogP contribution is -2.13. The van der Waals surface area contributed by atoms with Crippen LogP contribution in [-0.4, -0.2) is 32.7 Å². The maximum Gasteiger partial charge on any atom is 0.239 e. The molecule has 4 N–H and O–H groups in total. The molecule has 108 valence electrons. The van der Waals surface area contributed by atoms with Gasteiger partial charge in [-0.15, -0.1) is 10.2 Å². The Morgan fingerprint density at radius 1 is 1.30 bits per heavy atom. The number of nitrogens with zero attached hydrogens (tertiary/aromatic N) is 3. The Kier molecular flexibility index (Phi) is 4.18. The van der Waals surface area contributed by atoms with E-state index in [0.717, 1.165) is 5.13 Å². The minimum Gasteiger partial charge on any atom is -0.399 e. The fraction of sp³-hybridized carbons (Fsp3) is 0.200. The van der Waals surface area contributed by atoms with Crippen molar-refractivity contribution in [2.24, 2.45) is 5.14 Å². The molecule has 2 aromatic rings. The van der Waals surface area contributed by atoms with Gasteiger partial charge in [-0.1, -0.05) is 23.1 Å². The van der Waals surface area contributed by atoms with E-state index in [9.17, 15) is 8.42 Å². The van der Waals surface area contributed by atoms with Crippen LogP contribution in [0.2, 0.25) is 0 Å². The van der Waals surface area contributed by atoms with Crippen LogP contribution in [0.25, 0.3) is 0 Å². The van der Waals surface area contributed by atoms with Gasteiger partial charge in [-0.2, -0.15) is 0 Å². The minimum absolute atomic E-state index is 0.0101. The summed E-state index contributed by atoms with van der Waals surface area (Å²) >= 11 is 2.55. The van der Waals surface area contributed by atoms with Crippen LogP contribution in [0.15, 0.2) is 32.3 Å². The number of primary sulfonamides is 1. The van der Waals surface area contributed by atoms with Crippen molar-refractivity contribution in [3.8, 4) is 0 Å². The largest absolute Gasteiger partial charge is 0.399 e. The highest BCUT2D eigenvalue weighted by atomic mass is 32.2. The molecule has 0 unspecified atom stereocenters. The molecule has 0 aliphatic rings. The fourth-order valence-corrected chi connectivity index (χ4v) is 4.20. The number of hydrogen-bond acceptors (Lipinski definition) is 8. The second kappa shape index (κ2) is 5.56. The number of aromatic nitrogens is 2. The first-order valence-electron chi connectivity index (χ1n) is 5.38. The SMILES string of the molecule is CN(C)c1nnc(Sc2ccc(N)cc2S(N)(=O)=O)s1. The molecule has 0 spiro atoms. The van der Waals surface area contributed by atoms with Gasteiger partial charge in [0.15, 0.2) is 4.34 Å². The topological polar surface area (TPSA) is 115 Å². The van der Waals surface area contributed by atoms with Crippen LogP contribution in [0.1, 0.15) is 0 Å². The van der Waals surface area contributed by atoms with Gasteiger partial charge in [-0.3, -0.25) is 0 Å². The predicted octanol–water partition coefficient (Wildman–Crippen LogP) is 0.985. The Hall–Kier alpha value is -1.36. The van der Waals surface area contributed by atoms with E-state index in [1.807, 2.05) is 19.0 Å². The summed E-state index contributed by atoms with van der Waals surface area (Å²) in [5.74, 6) is 0. The molecule has 0 fully saturated rings. The van der Waals surface area contributed by atoms with E-state index < -0.39 is 10.0 Å². The summed E-state index contributed by atoms with van der Waals surface area (Å²) < 4.78 is 23.8. The molecule has 0 atom stereocenters. The summed E-state index contributed by atoms with van der Waals surface area (Å²) in [6, 6.07) is 4.56. The highest BCUT2D eigenvalue weighted by Gasteiger charge is 2.17. The molecule has 10 heteroatoms. The van der Waals surface area contributed by atoms with Crippen LogP contribution < -0.4 is 15.8 Å². The van der Waals surface area contributed by atoms with Gasteiger partial charge in [-0.25, -0.2) is 13.6 Å². The third-order valence-corrected chi connectivity index (χ3v) is 5.55. The summed E-state index contributed by atoms with van der Waals surface area (Å²) in [4.78, 5) is 2.29. The number of benzene rings is 1. The average Bonchev–Trinajstić information content (AvgIpc) is 2.79. The number of hydrogen-bond donors (Lipinski definition) is 2. The molecule has 0 amide bonds. The summed E-state index contributed by atoms with van der Waals surface area (Å²) in [6.07, 6.45) is 0. The van der Waals surface area contributed by atoms with Gasteiger partial charge in [0, 0.05) is 24.7 Å². The number of anilines is 2. The number of nitrogen functional groups attached to an aromatic ring is 1. The van der Waals surface area contributed by atoms with Crippen LogP contribution >= 0.6 is 23.1 Å². The first-order chi connectivity index (χ1) is 9.27. The molecule has 2 rings (SSSR count). The lowest BCUT2D eigenvalue weighted by molar-refractivity contribution is 0.596. The second-order valence-electron chi connectivity index (χ2n) is 4.10. The van der Waals surface area contributed by atoms with E-state index in [1.165, 1.54) is 29.2 Å². The molecule has 0 aliphatic heterocycles. The van der Waals surface area contributed by atoms with Gasteiger partial charge in [0.1, 0.15) is 0 Å². The molecule has 20 heavy (non-hydrogen) atoms. The van der Waals surface area contributed by atoms with Crippen LogP contribution in [0, 0.1) is 0 Å². The maximum absolute atomic E-state index is 11.6. The van der Waals surface area contributed by atoms with Crippen molar-refractivity contribution in [1.82, 2.24) is 10.2 Å². The molecular formula is C10H13N5O2S3. The summed E-state index contributed by atoms with van der Waals surface area (Å²) in [5, 5.41) is 13.9. The molecule has 0 radical (unpaired) electrons. The van der Waals surface area contributed by atoms with Gasteiger partial charge in [0.25, 0.3) is 0 Å². The van der Waals surface area contributed by atoms with Crippen molar-refractivity contribution in [3.05, 3.63) is 18.2 Å². The predicted molar refractivity (Wildman–Crippen MR) is 80.6 cm³/mol. The van der Waals surface area contributed by atoms with E-state index in [2.05, 4.69) is 10.2 Å². The third-order valence-electron chi connectivity index (χ3n) is 2.25. The quantitative estimate of drug-likeness (QED) is 0.802. The van der Waals surface area contributed by atoms with Gasteiger partial charge in [0.2, 0.25) is 15.2 Å². The molecule has 1 aromatic carbocycles. The van der Waals surface area contributed by atoms with E-state index in [0.29, 0.717) is 14.9 Å². The van der Waals surface area contributed by atoms with Crippen molar-refractivity contribution in [2.45, 2.75) is 14.1 Å². The highest BCUT2D eigenvalue weighted by Crippen LogP contribution is 2.36. The lowest BCUT2D eigenvalue weighted by Gasteiger charge is -2.06. The van der Waals surface area contributed by atoms with E-state index in [4.69, 9.17) is 10.9 Å². The Bertz CT molecular complexity index is 726. The minimum atomic E-state index is -3.84. The van der Waals surface area contributed by atoms with E-state index >= 15 is 0 Å². The zero-order valence-electron chi connectivity index (χ0n) is 10.8. The van der Waals surface area contributed by atoms with Crippen molar-refractivity contribution >= 4 is 43.9 Å². The van der Waals surface area contributed by atoms with Gasteiger partial charge in [0.05, 0.1) is 4.90 Å². The van der Waals surface area contributed by atoms with Crippen molar-refractivity contribution < 1.29 is 8.42 Å². The van der Waals surface area contributed by atoms with Crippen LogP contribution in [0.5, 0.6) is 0 Å². The fourth-order valence-electron chi connectivity index (χ4n) is 1.35. The Labute approximate surface area is 125 Å². The van der Waals surface area contributed by atoms with Crippen LogP contribution in [-0.2, 0) is 10.0 Å².